The van der Waals surface area contributed by atoms with Crippen LogP contribution >= 0.6 is 0 Å². The molecule has 0 spiro atoms. The Hall–Kier alpha value is 0.780. The molecule has 17 heteroatoms. The molecule has 0 rings (SSSR count). The Bertz CT molecular complexity index is 78.5. The van der Waals surface area contributed by atoms with Crippen LogP contribution in [-0.2, 0) is 0 Å². The van der Waals surface area contributed by atoms with E-state index in [9.17, 15) is 0 Å². The van der Waals surface area contributed by atoms with Crippen molar-refractivity contribution in [1.82, 2.24) is 0 Å². The first-order valence-electron chi connectivity index (χ1n) is 3.10. The first kappa shape index (κ1) is 30.7. The van der Waals surface area contributed by atoms with E-state index in [4.69, 9.17) is 60.3 Å². The Kier molecular flexibility index (Phi) is 46.1. The summed E-state index contributed by atoms with van der Waals surface area (Å²) in [7, 11) is -8.67. The van der Waals surface area contributed by atoms with Crippen molar-refractivity contribution in [1.29, 1.82) is 0 Å². The first-order valence-corrected chi connectivity index (χ1v) is 3.10. The van der Waals surface area contributed by atoms with Gasteiger partial charge in [0.25, 0.3) is 0 Å². The maximum Gasteiger partial charge on any atom is 1.00 e. The molecule has 0 unspecified atom stereocenters. The van der Waals surface area contributed by atoms with Gasteiger partial charge in [0.05, 0.1) is 0 Å². The Labute approximate surface area is 126 Å². The van der Waals surface area contributed by atoms with Crippen molar-refractivity contribution >= 4 is 29.3 Å². The molecule has 0 aromatic heterocycles. The molecule has 0 saturated carbocycles. The molecule has 17 heavy (non-hydrogen) atoms. The summed E-state index contributed by atoms with van der Waals surface area (Å²) in [6, 6.07) is 0. The Morgan fingerprint density at radius 1 is 0.412 bits per heavy atom. The molecular weight excluding hydrogens is 258 g/mol. The molecule has 0 aliphatic carbocycles. The van der Waals surface area contributed by atoms with Gasteiger partial charge in [-0.25, -0.2) is 0 Å². The molecule has 0 aliphatic rings. The average Bonchev–Trinajstić information content (AvgIpc) is 1.76. The van der Waals surface area contributed by atoms with E-state index in [1.165, 1.54) is 0 Å². The van der Waals surface area contributed by atoms with Gasteiger partial charge in [0.1, 0.15) is 0 Å². The van der Waals surface area contributed by atoms with Crippen LogP contribution in [0.3, 0.4) is 0 Å². The SMILES string of the molecule is OB(O)O.OB(O)O.OB(O)O.OB(O)O.[H-].[HH].[HH].[HH].[HH].[Na+]. The number of hydrogen-bond acceptors (Lipinski definition) is 12. The fourth-order valence-electron chi connectivity index (χ4n) is 0. The van der Waals surface area contributed by atoms with Crippen molar-refractivity contribution in [3.05, 3.63) is 0 Å². The zero-order valence-corrected chi connectivity index (χ0v) is 10.7. The second kappa shape index (κ2) is 25.6. The van der Waals surface area contributed by atoms with E-state index in [2.05, 4.69) is 0 Å². The third kappa shape index (κ3) is 6030. The predicted octanol–water partition coefficient (Wildman–Crippen LogP) is -10.1. The molecule has 0 heterocycles. The zero-order chi connectivity index (χ0) is 14.3. The van der Waals surface area contributed by atoms with Crippen molar-refractivity contribution in [3.63, 3.8) is 0 Å². The smallest absolute Gasteiger partial charge is 1.00 e. The molecule has 0 fully saturated rings. The average molecular weight is 279 g/mol. The molecule has 12 nitrogen and oxygen atoms in total. The van der Waals surface area contributed by atoms with Crippen LogP contribution in [0.1, 0.15) is 7.13 Å². The largest absolute Gasteiger partial charge is 1.00 e. The van der Waals surface area contributed by atoms with E-state index < -0.39 is 29.3 Å². The van der Waals surface area contributed by atoms with Crippen LogP contribution in [0.5, 0.6) is 0 Å². The quantitative estimate of drug-likeness (QED) is 0.185. The van der Waals surface area contributed by atoms with Gasteiger partial charge >= 0.3 is 58.8 Å². The fourth-order valence-corrected chi connectivity index (χ4v) is 0. The standard InChI is InChI=1S/4BH3O3.Na.4H2.H/c4*2-1(3)4;;;;;;/h4*2-4H;;4*1H;/q;;;;+1;;;;;-1. The van der Waals surface area contributed by atoms with Crippen LogP contribution in [-0.4, -0.2) is 89.6 Å². The first-order chi connectivity index (χ1) is 6.93. The fraction of sp³-hybridized carbons (Fsp3) is 0. The summed E-state index contributed by atoms with van der Waals surface area (Å²) in [6.07, 6.45) is 0. The molecule has 0 atom stereocenters. The second-order valence-corrected chi connectivity index (χ2v) is 1.39. The molecule has 0 aliphatic heterocycles. The van der Waals surface area contributed by atoms with Crippen LogP contribution in [0.4, 0.5) is 0 Å². The van der Waals surface area contributed by atoms with Crippen LogP contribution in [0.2, 0.25) is 0 Å². The van der Waals surface area contributed by atoms with Crippen LogP contribution in [0.15, 0.2) is 0 Å². The maximum absolute atomic E-state index is 7.17. The van der Waals surface area contributed by atoms with E-state index in [-0.39, 0.29) is 36.7 Å². The molecule has 12 N–H and O–H groups in total. The van der Waals surface area contributed by atoms with Crippen LogP contribution in [0, 0.1) is 0 Å². The summed E-state index contributed by atoms with van der Waals surface area (Å²) in [5, 5.41) is 86.0. The molecule has 0 aromatic rings. The van der Waals surface area contributed by atoms with Crippen molar-refractivity contribution in [3.8, 4) is 0 Å². The van der Waals surface area contributed by atoms with E-state index >= 15 is 0 Å². The van der Waals surface area contributed by atoms with Crippen LogP contribution < -0.4 is 29.6 Å². The Morgan fingerprint density at radius 2 is 0.412 bits per heavy atom. The second-order valence-electron chi connectivity index (χ2n) is 1.39. The topological polar surface area (TPSA) is 243 Å². The monoisotopic (exact) mass is 280 g/mol. The van der Waals surface area contributed by atoms with Gasteiger partial charge in [0.2, 0.25) is 0 Å². The van der Waals surface area contributed by atoms with Gasteiger partial charge < -0.3 is 61.7 Å². The van der Waals surface area contributed by atoms with Crippen LogP contribution in [0.25, 0.3) is 0 Å². The van der Waals surface area contributed by atoms with Gasteiger partial charge in [-0.3, -0.25) is 0 Å². The zero-order valence-electron chi connectivity index (χ0n) is 9.68. The summed E-state index contributed by atoms with van der Waals surface area (Å²) >= 11 is 0. The van der Waals surface area contributed by atoms with Gasteiger partial charge in [0.15, 0.2) is 0 Å². The minimum atomic E-state index is -2.17. The molecular formula is H21B4NaO12. The molecule has 106 valence electrons. The molecule has 0 aromatic carbocycles. The normalized spacial score (nSPS) is 6.35. The number of rotatable bonds is 0. The van der Waals surface area contributed by atoms with Crippen molar-refractivity contribution in [2.75, 3.05) is 0 Å². The third-order valence-corrected chi connectivity index (χ3v) is 0. The van der Waals surface area contributed by atoms with Crippen molar-refractivity contribution < 1.29 is 97.0 Å². The third-order valence-electron chi connectivity index (χ3n) is 0. The predicted molar refractivity (Wildman–Crippen MR) is 59.2 cm³/mol. The Balaban J connectivity index is -0.00000001000. The summed E-state index contributed by atoms with van der Waals surface area (Å²) < 4.78 is 0. The minimum absolute atomic E-state index is 0. The van der Waals surface area contributed by atoms with E-state index in [0.29, 0.717) is 0 Å². The summed E-state index contributed by atoms with van der Waals surface area (Å²) in [5.41, 5.74) is 0. The Morgan fingerprint density at radius 3 is 0.412 bits per heavy atom. The summed E-state index contributed by atoms with van der Waals surface area (Å²) in [6.45, 7) is 0. The molecule has 0 bridgehead atoms. The van der Waals surface area contributed by atoms with E-state index in [1.54, 1.807) is 0 Å². The maximum atomic E-state index is 7.17. The number of hydrogen-bond donors (Lipinski definition) is 12. The van der Waals surface area contributed by atoms with Gasteiger partial charge in [-0.05, 0) is 0 Å². The van der Waals surface area contributed by atoms with Gasteiger partial charge in [-0.2, -0.15) is 0 Å². The van der Waals surface area contributed by atoms with Crippen molar-refractivity contribution in [2.24, 2.45) is 0 Å². The van der Waals surface area contributed by atoms with Gasteiger partial charge in [0, 0.05) is 5.71 Å². The van der Waals surface area contributed by atoms with Gasteiger partial charge in [-0.1, -0.05) is 0 Å². The molecule has 0 saturated heterocycles. The van der Waals surface area contributed by atoms with E-state index in [0.717, 1.165) is 0 Å². The molecule has 0 radical (unpaired) electrons. The molecule has 0 amide bonds. The summed E-state index contributed by atoms with van der Waals surface area (Å²) in [4.78, 5) is 0. The minimum Gasteiger partial charge on any atom is -1.00 e. The summed E-state index contributed by atoms with van der Waals surface area (Å²) in [5.74, 6) is 0. The van der Waals surface area contributed by atoms with Gasteiger partial charge in [-0.15, -0.1) is 0 Å². The van der Waals surface area contributed by atoms with E-state index in [1.807, 2.05) is 0 Å². The van der Waals surface area contributed by atoms with Crippen molar-refractivity contribution in [2.45, 2.75) is 0 Å².